The summed E-state index contributed by atoms with van der Waals surface area (Å²) >= 11 is 0. The van der Waals surface area contributed by atoms with Crippen molar-refractivity contribution in [1.29, 1.82) is 5.41 Å². The highest BCUT2D eigenvalue weighted by atomic mass is 14.8. The van der Waals surface area contributed by atoms with Gasteiger partial charge in [-0.15, -0.1) is 0 Å². The highest BCUT2D eigenvalue weighted by Crippen LogP contribution is 2.31. The van der Waals surface area contributed by atoms with Gasteiger partial charge in [0.1, 0.15) is 5.84 Å². The number of nitrogens with two attached hydrogens (primary N) is 1. The molecule has 1 aliphatic rings. The Balaban J connectivity index is 2.50. The van der Waals surface area contributed by atoms with Gasteiger partial charge in [-0.1, -0.05) is 11.6 Å². The summed E-state index contributed by atoms with van der Waals surface area (Å²) in [6, 6.07) is 4.24. The lowest BCUT2D eigenvalue weighted by molar-refractivity contribution is 0.900. The molecule has 1 aliphatic carbocycles. The van der Waals surface area contributed by atoms with Gasteiger partial charge in [-0.2, -0.15) is 0 Å². The van der Waals surface area contributed by atoms with Gasteiger partial charge in [-0.05, 0) is 50.3 Å². The Morgan fingerprint density at radius 1 is 1.28 bits per heavy atom. The van der Waals surface area contributed by atoms with Gasteiger partial charge in [-0.3, -0.25) is 10.4 Å². The molecule has 1 aromatic heterocycles. The summed E-state index contributed by atoms with van der Waals surface area (Å²) in [5.41, 5.74) is 12.4. The van der Waals surface area contributed by atoms with E-state index in [1.165, 1.54) is 16.7 Å². The summed E-state index contributed by atoms with van der Waals surface area (Å²) in [4.78, 5) is 4.79. The zero-order valence-electron chi connectivity index (χ0n) is 10.8. The third-order valence-electron chi connectivity index (χ3n) is 3.72. The molecule has 2 aromatic rings. The minimum atomic E-state index is 0.172. The minimum Gasteiger partial charge on any atom is -0.384 e. The molecule has 0 atom stereocenters. The molecule has 0 amide bonds. The van der Waals surface area contributed by atoms with Crippen molar-refractivity contribution in [2.45, 2.75) is 33.1 Å². The Morgan fingerprint density at radius 2 is 2.06 bits per heavy atom. The molecule has 3 rings (SSSR count). The Bertz CT molecular complexity index is 671. The van der Waals surface area contributed by atoms with Gasteiger partial charge >= 0.3 is 0 Å². The molecule has 0 radical (unpaired) electrons. The van der Waals surface area contributed by atoms with Gasteiger partial charge < -0.3 is 5.73 Å². The molecule has 0 saturated heterocycles. The van der Waals surface area contributed by atoms with Crippen molar-refractivity contribution >= 4 is 16.7 Å². The van der Waals surface area contributed by atoms with Crippen LogP contribution in [-0.4, -0.2) is 10.8 Å². The van der Waals surface area contributed by atoms with Gasteiger partial charge in [0, 0.05) is 16.6 Å². The normalized spacial score (nSPS) is 13.9. The molecule has 92 valence electrons. The fourth-order valence-electron chi connectivity index (χ4n) is 3.02. The number of aryl methyl sites for hydroxylation is 3. The molecular formula is C15H17N3. The number of nitrogen functional groups attached to an aromatic ring is 1. The zero-order chi connectivity index (χ0) is 12.9. The quantitative estimate of drug-likeness (QED) is 0.593. The third kappa shape index (κ3) is 1.50. The molecule has 18 heavy (non-hydrogen) atoms. The van der Waals surface area contributed by atoms with Crippen molar-refractivity contribution in [3.63, 3.8) is 0 Å². The molecule has 0 unspecified atom stereocenters. The average Bonchev–Trinajstić information content (AvgIpc) is 2.73. The average molecular weight is 239 g/mol. The number of fused-ring (bicyclic) bond motifs is 2. The van der Waals surface area contributed by atoms with Crippen molar-refractivity contribution in [3.05, 3.63) is 40.1 Å². The molecule has 3 N–H and O–H groups in total. The van der Waals surface area contributed by atoms with Crippen LogP contribution in [0.15, 0.2) is 12.1 Å². The van der Waals surface area contributed by atoms with Crippen LogP contribution in [0.4, 0.5) is 0 Å². The van der Waals surface area contributed by atoms with Gasteiger partial charge in [0.25, 0.3) is 0 Å². The van der Waals surface area contributed by atoms with Crippen molar-refractivity contribution in [2.75, 3.05) is 0 Å². The Hall–Kier alpha value is -1.90. The molecule has 0 spiro atoms. The summed E-state index contributed by atoms with van der Waals surface area (Å²) in [6.07, 6.45) is 3.13. The Labute approximate surface area is 107 Å². The van der Waals surface area contributed by atoms with E-state index in [0.29, 0.717) is 0 Å². The Kier molecular flexibility index (Phi) is 2.37. The lowest BCUT2D eigenvalue weighted by Crippen LogP contribution is -2.15. The SMILES string of the molecule is Cc1cc(C)c2nc3c(c(C(=N)N)c2c1)CCC3. The molecule has 1 aromatic carbocycles. The molecule has 1 heterocycles. The summed E-state index contributed by atoms with van der Waals surface area (Å²) in [7, 11) is 0. The van der Waals surface area contributed by atoms with Crippen molar-refractivity contribution in [3.8, 4) is 0 Å². The van der Waals surface area contributed by atoms with Crippen LogP contribution in [-0.2, 0) is 12.8 Å². The second kappa shape index (κ2) is 3.80. The summed E-state index contributed by atoms with van der Waals surface area (Å²) < 4.78 is 0. The molecule has 3 heteroatoms. The molecule has 0 saturated carbocycles. The first-order valence-corrected chi connectivity index (χ1v) is 6.35. The first-order chi connectivity index (χ1) is 8.58. The van der Waals surface area contributed by atoms with Gasteiger partial charge in [0.05, 0.1) is 5.52 Å². The lowest BCUT2D eigenvalue weighted by atomic mass is 9.97. The van der Waals surface area contributed by atoms with E-state index in [-0.39, 0.29) is 5.84 Å². The number of hydrogen-bond donors (Lipinski definition) is 2. The standard InChI is InChI=1S/C15H17N3/c1-8-6-9(2)14-11(7-8)13(15(16)17)10-4-3-5-12(10)18-14/h6-7H,3-5H2,1-2H3,(H3,16,17). The molecule has 3 nitrogen and oxygen atoms in total. The predicted octanol–water partition coefficient (Wildman–Crippen LogP) is 2.62. The van der Waals surface area contributed by atoms with Crippen LogP contribution in [0, 0.1) is 19.3 Å². The van der Waals surface area contributed by atoms with Crippen molar-refractivity contribution < 1.29 is 0 Å². The van der Waals surface area contributed by atoms with Crippen LogP contribution in [0.2, 0.25) is 0 Å². The van der Waals surface area contributed by atoms with Gasteiger partial charge in [0.2, 0.25) is 0 Å². The third-order valence-corrected chi connectivity index (χ3v) is 3.72. The van der Waals surface area contributed by atoms with Crippen LogP contribution in [0.5, 0.6) is 0 Å². The van der Waals surface area contributed by atoms with Gasteiger partial charge in [0.15, 0.2) is 0 Å². The van der Waals surface area contributed by atoms with Crippen LogP contribution in [0.25, 0.3) is 10.9 Å². The van der Waals surface area contributed by atoms with E-state index >= 15 is 0 Å². The fourth-order valence-corrected chi connectivity index (χ4v) is 3.02. The first kappa shape index (κ1) is 11.2. The van der Waals surface area contributed by atoms with E-state index in [1.54, 1.807) is 0 Å². The van der Waals surface area contributed by atoms with E-state index in [0.717, 1.165) is 41.4 Å². The largest absolute Gasteiger partial charge is 0.384 e. The number of benzene rings is 1. The van der Waals surface area contributed by atoms with Crippen LogP contribution in [0.3, 0.4) is 0 Å². The maximum atomic E-state index is 7.88. The minimum absolute atomic E-state index is 0.172. The van der Waals surface area contributed by atoms with Crippen LogP contribution >= 0.6 is 0 Å². The number of aromatic nitrogens is 1. The topological polar surface area (TPSA) is 62.8 Å². The summed E-state index contributed by atoms with van der Waals surface area (Å²) in [6.45, 7) is 4.15. The second-order valence-electron chi connectivity index (χ2n) is 5.16. The smallest absolute Gasteiger partial charge is 0.123 e. The number of hydrogen-bond acceptors (Lipinski definition) is 2. The van der Waals surface area contributed by atoms with E-state index < -0.39 is 0 Å². The highest BCUT2D eigenvalue weighted by Gasteiger charge is 2.21. The summed E-state index contributed by atoms with van der Waals surface area (Å²) in [5.74, 6) is 0.172. The van der Waals surface area contributed by atoms with E-state index in [4.69, 9.17) is 16.1 Å². The molecule has 0 bridgehead atoms. The van der Waals surface area contributed by atoms with Crippen LogP contribution in [0.1, 0.15) is 34.4 Å². The maximum absolute atomic E-state index is 7.88. The molecule has 0 aliphatic heterocycles. The number of nitrogens with zero attached hydrogens (tertiary/aromatic N) is 1. The predicted molar refractivity (Wildman–Crippen MR) is 74.3 cm³/mol. The monoisotopic (exact) mass is 239 g/mol. The Morgan fingerprint density at radius 3 is 2.78 bits per heavy atom. The fraction of sp³-hybridized carbons (Fsp3) is 0.333. The molecule has 0 fully saturated rings. The molecular weight excluding hydrogens is 222 g/mol. The number of pyridine rings is 1. The van der Waals surface area contributed by atoms with Gasteiger partial charge in [-0.25, -0.2) is 0 Å². The second-order valence-corrected chi connectivity index (χ2v) is 5.16. The zero-order valence-corrected chi connectivity index (χ0v) is 10.8. The van der Waals surface area contributed by atoms with E-state index in [2.05, 4.69) is 26.0 Å². The first-order valence-electron chi connectivity index (χ1n) is 6.35. The van der Waals surface area contributed by atoms with Crippen molar-refractivity contribution in [2.24, 2.45) is 5.73 Å². The number of amidine groups is 1. The highest BCUT2D eigenvalue weighted by molar-refractivity contribution is 6.09. The van der Waals surface area contributed by atoms with Crippen molar-refractivity contribution in [1.82, 2.24) is 4.98 Å². The summed E-state index contributed by atoms with van der Waals surface area (Å²) in [5, 5.41) is 8.92. The van der Waals surface area contributed by atoms with E-state index in [1.807, 2.05) is 0 Å². The lowest BCUT2D eigenvalue weighted by Gasteiger charge is -2.13. The maximum Gasteiger partial charge on any atom is 0.123 e. The number of rotatable bonds is 1. The number of nitrogens with one attached hydrogen (secondary N) is 1. The van der Waals surface area contributed by atoms with E-state index in [9.17, 15) is 0 Å². The van der Waals surface area contributed by atoms with Crippen LogP contribution < -0.4 is 5.73 Å².